The van der Waals surface area contributed by atoms with E-state index in [-0.39, 0.29) is 29.4 Å². The van der Waals surface area contributed by atoms with E-state index >= 15 is 0 Å². The fourth-order valence-electron chi connectivity index (χ4n) is 5.39. The van der Waals surface area contributed by atoms with E-state index in [0.717, 1.165) is 19.4 Å². The molecular formula is C24H22N2O4. The Morgan fingerprint density at radius 2 is 1.53 bits per heavy atom. The average molecular weight is 402 g/mol. The summed E-state index contributed by atoms with van der Waals surface area (Å²) < 4.78 is 0. The van der Waals surface area contributed by atoms with E-state index in [2.05, 4.69) is 4.90 Å². The van der Waals surface area contributed by atoms with E-state index in [0.29, 0.717) is 16.8 Å². The topological polar surface area (TPSA) is 74.8 Å². The van der Waals surface area contributed by atoms with E-state index in [9.17, 15) is 19.2 Å². The average Bonchev–Trinajstić information content (AvgIpc) is 3.40. The van der Waals surface area contributed by atoms with Crippen molar-refractivity contribution in [2.45, 2.75) is 31.8 Å². The maximum atomic E-state index is 13.5. The predicted octanol–water partition coefficient (Wildman–Crippen LogP) is 2.72. The van der Waals surface area contributed by atoms with Crippen LogP contribution in [0.1, 0.15) is 40.5 Å². The number of rotatable bonds is 4. The minimum absolute atomic E-state index is 0.0763. The SMILES string of the molecule is CC(=O)c1ccc(N2C(=O)[C@@H]3[C@H](C2=O)[C@H]2CCCN2[C@@H]3C(=O)c2ccccc2)cc1. The van der Waals surface area contributed by atoms with E-state index in [1.54, 1.807) is 36.4 Å². The van der Waals surface area contributed by atoms with Gasteiger partial charge in [-0.1, -0.05) is 30.3 Å². The number of hydrogen-bond donors (Lipinski definition) is 0. The van der Waals surface area contributed by atoms with E-state index in [1.165, 1.54) is 11.8 Å². The lowest BCUT2D eigenvalue weighted by atomic mass is 9.85. The maximum Gasteiger partial charge on any atom is 0.239 e. The Bertz CT molecular complexity index is 1050. The molecule has 2 aromatic carbocycles. The molecule has 30 heavy (non-hydrogen) atoms. The first-order valence-corrected chi connectivity index (χ1v) is 10.3. The highest BCUT2D eigenvalue weighted by Crippen LogP contribution is 2.48. The largest absolute Gasteiger partial charge is 0.295 e. The number of Topliss-reactive ketones (excluding diaryl/α,β-unsaturated/α-hetero) is 2. The number of carbonyl (C=O) groups excluding carboxylic acids is 4. The van der Waals surface area contributed by atoms with Gasteiger partial charge in [0.15, 0.2) is 11.6 Å². The van der Waals surface area contributed by atoms with E-state index in [4.69, 9.17) is 0 Å². The minimum Gasteiger partial charge on any atom is -0.295 e. The van der Waals surface area contributed by atoms with Crippen molar-refractivity contribution in [3.05, 3.63) is 65.7 Å². The van der Waals surface area contributed by atoms with Crippen LogP contribution in [-0.4, -0.2) is 46.9 Å². The summed E-state index contributed by atoms with van der Waals surface area (Å²) in [4.78, 5) is 55.1. The molecule has 3 aliphatic rings. The second-order valence-corrected chi connectivity index (χ2v) is 8.29. The van der Waals surface area contributed by atoms with Gasteiger partial charge in [0.1, 0.15) is 0 Å². The fraction of sp³-hybridized carbons (Fsp3) is 0.333. The summed E-state index contributed by atoms with van der Waals surface area (Å²) in [7, 11) is 0. The summed E-state index contributed by atoms with van der Waals surface area (Å²) >= 11 is 0. The molecule has 152 valence electrons. The van der Waals surface area contributed by atoms with Crippen LogP contribution in [0.3, 0.4) is 0 Å². The molecule has 6 heteroatoms. The van der Waals surface area contributed by atoms with Gasteiger partial charge in [0, 0.05) is 17.2 Å². The smallest absolute Gasteiger partial charge is 0.239 e. The zero-order valence-corrected chi connectivity index (χ0v) is 16.7. The molecule has 3 fully saturated rings. The summed E-state index contributed by atoms with van der Waals surface area (Å²) in [5.41, 5.74) is 1.55. The second kappa shape index (κ2) is 6.99. The minimum atomic E-state index is -0.664. The molecule has 0 radical (unpaired) electrons. The molecule has 0 spiro atoms. The van der Waals surface area contributed by atoms with Crippen LogP contribution in [-0.2, 0) is 9.59 Å². The van der Waals surface area contributed by atoms with Crippen molar-refractivity contribution in [1.82, 2.24) is 4.90 Å². The van der Waals surface area contributed by atoms with E-state index in [1.807, 2.05) is 18.2 Å². The second-order valence-electron chi connectivity index (χ2n) is 8.29. The molecule has 6 nitrogen and oxygen atoms in total. The molecule has 0 N–H and O–H groups in total. The Hall–Kier alpha value is -3.12. The van der Waals surface area contributed by atoms with Crippen molar-refractivity contribution in [2.24, 2.45) is 11.8 Å². The number of fused-ring (bicyclic) bond motifs is 3. The molecule has 3 saturated heterocycles. The summed E-state index contributed by atoms with van der Waals surface area (Å²) in [5, 5.41) is 0. The van der Waals surface area contributed by atoms with Crippen LogP contribution in [0.2, 0.25) is 0 Å². The van der Waals surface area contributed by atoms with Gasteiger partial charge in [0.25, 0.3) is 0 Å². The van der Waals surface area contributed by atoms with Gasteiger partial charge in [-0.25, -0.2) is 4.90 Å². The highest BCUT2D eigenvalue weighted by molar-refractivity contribution is 6.24. The fourth-order valence-corrected chi connectivity index (χ4v) is 5.39. The molecule has 0 saturated carbocycles. The van der Waals surface area contributed by atoms with Gasteiger partial charge in [-0.15, -0.1) is 0 Å². The van der Waals surface area contributed by atoms with Crippen molar-refractivity contribution in [3.63, 3.8) is 0 Å². The standard InChI is InChI=1S/C24H22N2O4/c1-14(27)15-9-11-17(12-10-15)26-23(29)19-18-8-5-13-25(18)21(20(19)24(26)30)22(28)16-6-3-2-4-7-16/h2-4,6-7,9-12,18-21H,5,8,13H2,1H3/t18-,19-,20-,21+/m1/s1. The van der Waals surface area contributed by atoms with Crippen molar-refractivity contribution in [1.29, 1.82) is 0 Å². The monoisotopic (exact) mass is 402 g/mol. The number of amides is 2. The molecule has 3 aliphatic heterocycles. The van der Waals surface area contributed by atoms with Crippen molar-refractivity contribution in [3.8, 4) is 0 Å². The normalized spacial score (nSPS) is 28.0. The molecule has 0 unspecified atom stereocenters. The number of carbonyl (C=O) groups is 4. The van der Waals surface area contributed by atoms with Crippen LogP contribution in [0.4, 0.5) is 5.69 Å². The zero-order chi connectivity index (χ0) is 21.0. The van der Waals surface area contributed by atoms with Crippen LogP contribution < -0.4 is 4.90 Å². The summed E-state index contributed by atoms with van der Waals surface area (Å²) in [6, 6.07) is 14.8. The van der Waals surface area contributed by atoms with Gasteiger partial charge in [-0.2, -0.15) is 0 Å². The predicted molar refractivity (Wildman–Crippen MR) is 110 cm³/mol. The highest BCUT2D eigenvalue weighted by Gasteiger charge is 2.64. The molecular weight excluding hydrogens is 380 g/mol. The first kappa shape index (κ1) is 18.9. The van der Waals surface area contributed by atoms with Gasteiger partial charge in [-0.05, 0) is 50.6 Å². The highest BCUT2D eigenvalue weighted by atomic mass is 16.2. The van der Waals surface area contributed by atoms with Crippen molar-refractivity contribution >= 4 is 29.1 Å². The van der Waals surface area contributed by atoms with Gasteiger partial charge in [-0.3, -0.25) is 24.1 Å². The quantitative estimate of drug-likeness (QED) is 0.581. The molecule has 3 heterocycles. The maximum absolute atomic E-state index is 13.5. The van der Waals surface area contributed by atoms with Crippen LogP contribution in [0.15, 0.2) is 54.6 Å². The number of ketones is 2. The molecule has 5 rings (SSSR count). The molecule has 2 amide bonds. The number of benzene rings is 2. The van der Waals surface area contributed by atoms with Crippen LogP contribution in [0, 0.1) is 11.8 Å². The van der Waals surface area contributed by atoms with Crippen molar-refractivity contribution in [2.75, 3.05) is 11.4 Å². The van der Waals surface area contributed by atoms with Crippen LogP contribution >= 0.6 is 0 Å². The lowest BCUT2D eigenvalue weighted by molar-refractivity contribution is -0.123. The molecule has 0 aromatic heterocycles. The summed E-state index contributed by atoms with van der Waals surface area (Å²) in [5.74, 6) is -1.88. The van der Waals surface area contributed by atoms with Crippen LogP contribution in [0.25, 0.3) is 0 Å². The van der Waals surface area contributed by atoms with Gasteiger partial charge < -0.3 is 0 Å². The third-order valence-electron chi connectivity index (χ3n) is 6.71. The number of hydrogen-bond acceptors (Lipinski definition) is 5. The number of imide groups is 1. The van der Waals surface area contributed by atoms with Gasteiger partial charge in [0.2, 0.25) is 11.8 Å². The molecule has 2 aromatic rings. The Labute approximate surface area is 174 Å². The lowest BCUT2D eigenvalue weighted by Gasteiger charge is -2.27. The third-order valence-corrected chi connectivity index (χ3v) is 6.71. The molecule has 0 bridgehead atoms. The third kappa shape index (κ3) is 2.67. The Morgan fingerprint density at radius 3 is 2.20 bits per heavy atom. The first-order valence-electron chi connectivity index (χ1n) is 10.3. The Balaban J connectivity index is 1.52. The van der Waals surface area contributed by atoms with Gasteiger partial charge in [0.05, 0.1) is 23.6 Å². The number of anilines is 1. The van der Waals surface area contributed by atoms with Gasteiger partial charge >= 0.3 is 0 Å². The van der Waals surface area contributed by atoms with Crippen molar-refractivity contribution < 1.29 is 19.2 Å². The van der Waals surface area contributed by atoms with Crippen LogP contribution in [0.5, 0.6) is 0 Å². The lowest BCUT2D eigenvalue weighted by Crippen LogP contribution is -2.46. The number of nitrogens with zero attached hydrogens (tertiary/aromatic N) is 2. The zero-order valence-electron chi connectivity index (χ0n) is 16.7. The van der Waals surface area contributed by atoms with E-state index < -0.39 is 17.9 Å². The first-order chi connectivity index (χ1) is 14.5. The summed E-state index contributed by atoms with van der Waals surface area (Å²) in [6.07, 6.45) is 1.73. The Kier molecular flexibility index (Phi) is 4.40. The summed E-state index contributed by atoms with van der Waals surface area (Å²) in [6.45, 7) is 2.20. The Morgan fingerprint density at radius 1 is 0.867 bits per heavy atom. The molecule has 4 atom stereocenters. The molecule has 0 aliphatic carbocycles.